The summed E-state index contributed by atoms with van der Waals surface area (Å²) in [6, 6.07) is 0.804. The fraction of sp³-hybridized carbons (Fsp3) is 0.750. The molecule has 1 unspecified atom stereocenters. The SMILES string of the molecule is OCCCN1[C@H]2[C@H](O)C=C[C@H]21. The van der Waals surface area contributed by atoms with Gasteiger partial charge in [-0.2, -0.15) is 0 Å². The molecule has 0 bridgehead atoms. The second-order valence-electron chi connectivity index (χ2n) is 3.17. The fourth-order valence-corrected chi connectivity index (χ4v) is 1.83. The minimum atomic E-state index is -0.265. The normalized spacial score (nSPS) is 46.0. The molecule has 1 aliphatic heterocycles. The molecule has 2 rings (SSSR count). The van der Waals surface area contributed by atoms with Crippen LogP contribution < -0.4 is 0 Å². The van der Waals surface area contributed by atoms with Gasteiger partial charge in [-0.1, -0.05) is 12.2 Å². The summed E-state index contributed by atoms with van der Waals surface area (Å²) in [7, 11) is 0. The van der Waals surface area contributed by atoms with Crippen molar-refractivity contribution in [2.24, 2.45) is 0 Å². The van der Waals surface area contributed by atoms with Crippen LogP contribution in [0.25, 0.3) is 0 Å². The summed E-state index contributed by atoms with van der Waals surface area (Å²) >= 11 is 0. The van der Waals surface area contributed by atoms with Crippen molar-refractivity contribution >= 4 is 0 Å². The first-order valence-electron chi connectivity index (χ1n) is 4.07. The summed E-state index contributed by atoms with van der Waals surface area (Å²) in [5, 5.41) is 17.9. The Hall–Kier alpha value is -0.380. The summed E-state index contributed by atoms with van der Waals surface area (Å²) in [4.78, 5) is 2.21. The summed E-state index contributed by atoms with van der Waals surface area (Å²) in [5.41, 5.74) is 0. The van der Waals surface area contributed by atoms with E-state index in [0.29, 0.717) is 12.1 Å². The molecule has 2 N–H and O–H groups in total. The van der Waals surface area contributed by atoms with Gasteiger partial charge in [-0.25, -0.2) is 0 Å². The number of nitrogens with zero attached hydrogens (tertiary/aromatic N) is 1. The van der Waals surface area contributed by atoms with Crippen molar-refractivity contribution < 1.29 is 10.2 Å². The summed E-state index contributed by atoms with van der Waals surface area (Å²) in [5.74, 6) is 0. The van der Waals surface area contributed by atoms with E-state index in [9.17, 15) is 5.11 Å². The van der Waals surface area contributed by atoms with Gasteiger partial charge < -0.3 is 10.2 Å². The predicted octanol–water partition coefficient (Wildman–Crippen LogP) is -0.648. The first-order valence-corrected chi connectivity index (χ1v) is 4.07. The van der Waals surface area contributed by atoms with Crippen molar-refractivity contribution in [2.75, 3.05) is 13.2 Å². The van der Waals surface area contributed by atoms with Crippen LogP contribution in [0.5, 0.6) is 0 Å². The van der Waals surface area contributed by atoms with Crippen LogP contribution in [-0.4, -0.2) is 46.5 Å². The Morgan fingerprint density at radius 3 is 2.73 bits per heavy atom. The highest BCUT2D eigenvalue weighted by molar-refractivity contribution is 5.26. The van der Waals surface area contributed by atoms with E-state index in [1.807, 2.05) is 12.2 Å². The van der Waals surface area contributed by atoms with E-state index < -0.39 is 0 Å². The fourth-order valence-electron chi connectivity index (χ4n) is 1.83. The van der Waals surface area contributed by atoms with Crippen LogP contribution in [-0.2, 0) is 0 Å². The molecule has 62 valence electrons. The number of hydrogen-bond acceptors (Lipinski definition) is 3. The molecule has 2 aliphatic rings. The van der Waals surface area contributed by atoms with Crippen molar-refractivity contribution in [3.8, 4) is 0 Å². The second kappa shape index (κ2) is 2.59. The monoisotopic (exact) mass is 155 g/mol. The van der Waals surface area contributed by atoms with Gasteiger partial charge in [-0.3, -0.25) is 4.90 Å². The van der Waals surface area contributed by atoms with Crippen LogP contribution in [0.3, 0.4) is 0 Å². The summed E-state index contributed by atoms with van der Waals surface area (Å²) in [6.45, 7) is 1.16. The van der Waals surface area contributed by atoms with E-state index >= 15 is 0 Å². The third-order valence-electron chi connectivity index (χ3n) is 2.46. The maximum Gasteiger partial charge on any atom is 0.0895 e. The smallest absolute Gasteiger partial charge is 0.0895 e. The van der Waals surface area contributed by atoms with Crippen LogP contribution in [0.4, 0.5) is 0 Å². The Morgan fingerprint density at radius 2 is 2.18 bits per heavy atom. The summed E-state index contributed by atoms with van der Waals surface area (Å²) < 4.78 is 0. The Labute approximate surface area is 65.9 Å². The van der Waals surface area contributed by atoms with Crippen molar-refractivity contribution in [3.05, 3.63) is 12.2 Å². The third kappa shape index (κ3) is 1.09. The minimum absolute atomic E-state index is 0.246. The molecule has 1 aliphatic carbocycles. The Bertz CT molecular complexity index is 181. The van der Waals surface area contributed by atoms with Gasteiger partial charge in [0.25, 0.3) is 0 Å². The van der Waals surface area contributed by atoms with Crippen molar-refractivity contribution in [1.29, 1.82) is 0 Å². The molecule has 1 heterocycles. The van der Waals surface area contributed by atoms with E-state index in [-0.39, 0.29) is 12.7 Å². The lowest BCUT2D eigenvalue weighted by atomic mass is 10.3. The molecule has 0 radical (unpaired) electrons. The highest BCUT2D eigenvalue weighted by Crippen LogP contribution is 2.37. The third-order valence-corrected chi connectivity index (χ3v) is 2.46. The standard InChI is InChI=1S/C8H13NO2/c10-5-1-4-9-6-2-3-7(11)8(6)9/h2-3,6-8,10-11H,1,4-5H2/t6-,7-,8-,9?/m1/s1. The summed E-state index contributed by atoms with van der Waals surface area (Å²) in [6.07, 6.45) is 4.45. The lowest BCUT2D eigenvalue weighted by Crippen LogP contribution is -2.17. The zero-order valence-electron chi connectivity index (χ0n) is 6.35. The van der Waals surface area contributed by atoms with Gasteiger partial charge in [-0.05, 0) is 6.42 Å². The van der Waals surface area contributed by atoms with Crippen LogP contribution in [0.1, 0.15) is 6.42 Å². The van der Waals surface area contributed by atoms with Gasteiger partial charge >= 0.3 is 0 Å². The van der Waals surface area contributed by atoms with E-state index in [4.69, 9.17) is 5.11 Å². The molecule has 0 aromatic carbocycles. The molecule has 0 saturated carbocycles. The minimum Gasteiger partial charge on any atom is -0.396 e. The van der Waals surface area contributed by atoms with Crippen LogP contribution in [0.15, 0.2) is 12.2 Å². The highest BCUT2D eigenvalue weighted by atomic mass is 16.3. The van der Waals surface area contributed by atoms with E-state index in [2.05, 4.69) is 4.90 Å². The molecule has 3 heteroatoms. The maximum atomic E-state index is 9.32. The van der Waals surface area contributed by atoms with Crippen LogP contribution >= 0.6 is 0 Å². The van der Waals surface area contributed by atoms with Gasteiger partial charge in [0.2, 0.25) is 0 Å². The van der Waals surface area contributed by atoms with Crippen molar-refractivity contribution in [2.45, 2.75) is 24.6 Å². The van der Waals surface area contributed by atoms with Gasteiger partial charge in [0, 0.05) is 19.2 Å². The Morgan fingerprint density at radius 1 is 1.36 bits per heavy atom. The molecule has 0 spiro atoms. The molecule has 0 aromatic rings. The lowest BCUT2D eigenvalue weighted by Gasteiger charge is -2.05. The molecular formula is C8H13NO2. The van der Waals surface area contributed by atoms with Crippen molar-refractivity contribution in [3.63, 3.8) is 0 Å². The van der Waals surface area contributed by atoms with Gasteiger partial charge in [0.1, 0.15) is 0 Å². The van der Waals surface area contributed by atoms with E-state index in [1.165, 1.54) is 0 Å². The van der Waals surface area contributed by atoms with E-state index in [1.54, 1.807) is 0 Å². The first-order chi connectivity index (χ1) is 5.34. The zero-order chi connectivity index (χ0) is 7.84. The maximum absolute atomic E-state index is 9.32. The average Bonchev–Trinajstić information content (AvgIpc) is 2.58. The van der Waals surface area contributed by atoms with Crippen LogP contribution in [0, 0.1) is 0 Å². The predicted molar refractivity (Wildman–Crippen MR) is 41.1 cm³/mol. The van der Waals surface area contributed by atoms with Gasteiger partial charge in [0.15, 0.2) is 0 Å². The molecule has 1 saturated heterocycles. The number of fused-ring (bicyclic) bond motifs is 1. The molecule has 0 aromatic heterocycles. The molecule has 4 atom stereocenters. The first kappa shape index (κ1) is 7.28. The zero-order valence-corrected chi connectivity index (χ0v) is 6.35. The largest absolute Gasteiger partial charge is 0.396 e. The second-order valence-corrected chi connectivity index (χ2v) is 3.17. The van der Waals surface area contributed by atoms with Gasteiger partial charge in [-0.15, -0.1) is 0 Å². The van der Waals surface area contributed by atoms with Crippen LogP contribution in [0.2, 0.25) is 0 Å². The average molecular weight is 155 g/mol. The molecule has 1 fully saturated rings. The molecule has 0 amide bonds. The highest BCUT2D eigenvalue weighted by Gasteiger charge is 2.51. The molecule has 3 nitrogen and oxygen atoms in total. The number of rotatable bonds is 3. The number of aliphatic hydroxyl groups excluding tert-OH is 2. The Balaban J connectivity index is 1.81. The molecule has 11 heavy (non-hydrogen) atoms. The number of aliphatic hydroxyl groups is 2. The van der Waals surface area contributed by atoms with Gasteiger partial charge in [0.05, 0.1) is 12.1 Å². The Kier molecular flexibility index (Phi) is 1.71. The topological polar surface area (TPSA) is 43.5 Å². The van der Waals surface area contributed by atoms with Crippen molar-refractivity contribution in [1.82, 2.24) is 4.90 Å². The lowest BCUT2D eigenvalue weighted by molar-refractivity contribution is 0.197. The van der Waals surface area contributed by atoms with E-state index in [0.717, 1.165) is 13.0 Å². The quantitative estimate of drug-likeness (QED) is 0.420. The molecular weight excluding hydrogens is 142 g/mol. The number of hydrogen-bond donors (Lipinski definition) is 2.